The lowest BCUT2D eigenvalue weighted by Gasteiger charge is -2.36. The van der Waals surface area contributed by atoms with Crippen LogP contribution in [0.15, 0.2) is 291 Å². The van der Waals surface area contributed by atoms with Crippen molar-refractivity contribution in [3.63, 3.8) is 0 Å². The smallest absolute Gasteiger partial charge is 0.0719 e. The molecule has 98 heavy (non-hydrogen) atoms. The van der Waals surface area contributed by atoms with Gasteiger partial charge in [0.05, 0.1) is 5.41 Å². The van der Waals surface area contributed by atoms with Gasteiger partial charge in [-0.1, -0.05) is 331 Å². The Bertz CT molecular complexity index is 4560. The Morgan fingerprint density at radius 3 is 1.74 bits per heavy atom. The number of hydrogen-bond donors (Lipinski definition) is 0. The van der Waals surface area contributed by atoms with Crippen LogP contribution in [0.25, 0.3) is 33.0 Å². The maximum absolute atomic E-state index is 4.13. The van der Waals surface area contributed by atoms with E-state index >= 15 is 0 Å². The molecule has 0 spiro atoms. The van der Waals surface area contributed by atoms with Crippen molar-refractivity contribution in [2.75, 3.05) is 0 Å². The van der Waals surface area contributed by atoms with E-state index in [9.17, 15) is 0 Å². The zero-order valence-corrected chi connectivity index (χ0v) is 61.5. The van der Waals surface area contributed by atoms with E-state index in [2.05, 4.69) is 351 Å². The third-order valence-corrected chi connectivity index (χ3v) is 21.3. The van der Waals surface area contributed by atoms with Crippen LogP contribution < -0.4 is 0 Å². The third-order valence-electron chi connectivity index (χ3n) is 21.3. The molecule has 0 aliphatic heterocycles. The molecule has 10 aromatic carbocycles. The Kier molecular flexibility index (Phi) is 23.9. The Balaban J connectivity index is 0.000000151. The van der Waals surface area contributed by atoms with E-state index in [4.69, 9.17) is 0 Å². The fourth-order valence-electron chi connectivity index (χ4n) is 16.3. The van der Waals surface area contributed by atoms with Gasteiger partial charge < -0.3 is 0 Å². The van der Waals surface area contributed by atoms with Crippen molar-refractivity contribution < 1.29 is 0 Å². The van der Waals surface area contributed by atoms with Gasteiger partial charge in [-0.2, -0.15) is 0 Å². The predicted octanol–water partition coefficient (Wildman–Crippen LogP) is 27.4. The summed E-state index contributed by atoms with van der Waals surface area (Å²) in [6.45, 7) is 37.5. The third kappa shape index (κ3) is 14.7. The van der Waals surface area contributed by atoms with E-state index in [1.807, 2.05) is 32.0 Å². The van der Waals surface area contributed by atoms with Crippen molar-refractivity contribution in [3.8, 4) is 11.1 Å². The first kappa shape index (κ1) is 71.4. The molecule has 0 aromatic heterocycles. The molecule has 0 N–H and O–H groups in total. The van der Waals surface area contributed by atoms with Crippen LogP contribution in [-0.4, -0.2) is 0 Å². The van der Waals surface area contributed by atoms with Gasteiger partial charge in [0, 0.05) is 17.8 Å². The second kappa shape index (κ2) is 32.8. The Morgan fingerprint density at radius 1 is 0.520 bits per heavy atom. The molecule has 0 heteroatoms. The van der Waals surface area contributed by atoms with E-state index in [1.54, 1.807) is 0 Å². The van der Waals surface area contributed by atoms with Gasteiger partial charge in [-0.15, -0.1) is 6.58 Å². The average molecular weight is 1280 g/mol. The van der Waals surface area contributed by atoms with Crippen molar-refractivity contribution >= 4 is 21.9 Å². The Labute approximate surface area is 590 Å². The molecule has 0 nitrogen and oxygen atoms in total. The second-order valence-electron chi connectivity index (χ2n) is 27.7. The molecular formula is C98H106. The minimum absolute atomic E-state index is 0.345. The number of hydrogen-bond acceptors (Lipinski definition) is 0. The summed E-state index contributed by atoms with van der Waals surface area (Å²) in [6, 6.07) is 80.0. The van der Waals surface area contributed by atoms with Crippen molar-refractivity contribution in [1.29, 1.82) is 0 Å². The maximum atomic E-state index is 4.13. The molecular weight excluding hydrogens is 1180 g/mol. The normalized spacial score (nSPS) is 17.5. The molecule has 0 heterocycles. The molecule has 0 bridgehead atoms. The van der Waals surface area contributed by atoms with Gasteiger partial charge >= 0.3 is 0 Å². The molecule has 0 saturated carbocycles. The monoisotopic (exact) mass is 1280 g/mol. The highest BCUT2D eigenvalue weighted by molar-refractivity contribution is 6.05. The summed E-state index contributed by atoms with van der Waals surface area (Å²) in [5, 5.41) is 2.69. The van der Waals surface area contributed by atoms with Gasteiger partial charge in [0.1, 0.15) is 0 Å². The molecule has 0 radical (unpaired) electrons. The SMILES string of the molecule is C=CC1C=CC=CC1c1c(C)cccc1C(CC)C1C=C(c2ccccc2C)C(C)=CC1.CC.CC/C=C\C1=C(C)CC(C)c2cccc(C(C)c3ccccc3)c21.Cc1ccc2c(c1)C(c1ccccc1C)(c1ccccc1C)c1cc(C)c3ccccc3c1-2.Cc1ccccc1. The van der Waals surface area contributed by atoms with Crippen LogP contribution in [0.4, 0.5) is 0 Å². The Morgan fingerprint density at radius 2 is 1.11 bits per heavy atom. The van der Waals surface area contributed by atoms with Crippen LogP contribution in [0.2, 0.25) is 0 Å². The van der Waals surface area contributed by atoms with Crippen molar-refractivity contribution in [3.05, 3.63) is 391 Å². The summed E-state index contributed by atoms with van der Waals surface area (Å²) in [4.78, 5) is 0. The van der Waals surface area contributed by atoms with Crippen LogP contribution in [0.5, 0.6) is 0 Å². The molecule has 0 fully saturated rings. The van der Waals surface area contributed by atoms with Crippen molar-refractivity contribution in [2.45, 2.75) is 159 Å². The first-order valence-electron chi connectivity index (χ1n) is 36.4. The van der Waals surface area contributed by atoms with Crippen molar-refractivity contribution in [2.24, 2.45) is 11.8 Å². The van der Waals surface area contributed by atoms with Crippen molar-refractivity contribution in [1.82, 2.24) is 0 Å². The molecule has 4 aliphatic rings. The van der Waals surface area contributed by atoms with Gasteiger partial charge in [-0.25, -0.2) is 0 Å². The quantitative estimate of drug-likeness (QED) is 0.107. The number of allylic oxidation sites excluding steroid dienone is 13. The fraction of sp³-hybridized carbons (Fsp3) is 0.265. The summed E-state index contributed by atoms with van der Waals surface area (Å²) in [5.74, 6) is 2.72. The summed E-state index contributed by atoms with van der Waals surface area (Å²) in [5.41, 5.74) is 33.3. The molecule has 0 saturated heterocycles. The predicted molar refractivity (Wildman–Crippen MR) is 428 cm³/mol. The summed E-state index contributed by atoms with van der Waals surface area (Å²) in [6.07, 6.45) is 25.3. The zero-order chi connectivity index (χ0) is 69.6. The maximum Gasteiger partial charge on any atom is 0.0719 e. The molecule has 6 unspecified atom stereocenters. The lowest BCUT2D eigenvalue weighted by atomic mass is 9.65. The number of aryl methyl sites for hydroxylation is 7. The van der Waals surface area contributed by atoms with Crippen LogP contribution in [-0.2, 0) is 5.41 Å². The molecule has 498 valence electrons. The largest absolute Gasteiger partial charge is 0.102 e. The summed E-state index contributed by atoms with van der Waals surface area (Å²) >= 11 is 0. The fourth-order valence-corrected chi connectivity index (χ4v) is 16.3. The highest BCUT2D eigenvalue weighted by Gasteiger charge is 2.48. The van der Waals surface area contributed by atoms with Crippen LogP contribution in [0.1, 0.15) is 205 Å². The average Bonchev–Trinajstić information content (AvgIpc) is 1.51. The molecule has 10 aromatic rings. The van der Waals surface area contributed by atoms with E-state index in [0.717, 1.165) is 19.3 Å². The first-order chi connectivity index (χ1) is 47.6. The number of benzene rings is 10. The minimum atomic E-state index is -0.345. The van der Waals surface area contributed by atoms with Crippen LogP contribution in [0, 0.1) is 60.3 Å². The minimum Gasteiger partial charge on any atom is -0.102 e. The molecule has 0 amide bonds. The molecule has 6 atom stereocenters. The summed E-state index contributed by atoms with van der Waals surface area (Å²) < 4.78 is 0. The van der Waals surface area contributed by atoms with Gasteiger partial charge in [0.25, 0.3) is 0 Å². The zero-order valence-electron chi connectivity index (χ0n) is 61.5. The first-order valence-corrected chi connectivity index (χ1v) is 36.4. The number of rotatable bonds is 12. The van der Waals surface area contributed by atoms with Crippen LogP contribution >= 0.6 is 0 Å². The molecule has 4 aliphatic carbocycles. The standard InChI is InChI=1S/C33H28.C32H36.C24H28.C7H8.C2H6/c1-21-17-18-27-30(19-21)33(28-15-9-5-11-22(28)2,29-16-10-6-12-23(29)3)31-20-24(4)25-13-7-8-14-26(25)32(27)31;1-6-25-15-9-11-17-29(25)32-24(5)14-12-18-30(32)27(7-2)26-20-19-23(4)31(21-26)28-16-10-8-13-22(28)3;1-5-6-13-21-17(2)16-18(3)22-14-10-15-23(24(21)22)19(4)20-11-8-7-9-12-20;1-7-5-3-2-4-6-7;1-2/h5-20H,1-4H3;6,8-19,21,25-27,29H,1,7,20H2,2-5H3;6-15,18-19H,5,16H2,1-4H3;2-6H,1H3;1-2H3/b;;13-6-;;. The topological polar surface area (TPSA) is 0 Å². The van der Waals surface area contributed by atoms with Gasteiger partial charge in [-0.05, 0) is 233 Å². The highest BCUT2D eigenvalue weighted by Crippen LogP contribution is 2.60. The van der Waals surface area contributed by atoms with Gasteiger partial charge in [0.2, 0.25) is 0 Å². The summed E-state index contributed by atoms with van der Waals surface area (Å²) in [7, 11) is 0. The molecule has 14 rings (SSSR count). The lowest BCUT2D eigenvalue weighted by Crippen LogP contribution is -2.30. The van der Waals surface area contributed by atoms with Gasteiger partial charge in [-0.3, -0.25) is 0 Å². The van der Waals surface area contributed by atoms with E-state index in [0.29, 0.717) is 35.5 Å². The highest BCUT2D eigenvalue weighted by atomic mass is 14.5. The van der Waals surface area contributed by atoms with Crippen LogP contribution in [0.3, 0.4) is 0 Å². The number of fused-ring (bicyclic) bond motifs is 6. The Hall–Kier alpha value is -9.36. The van der Waals surface area contributed by atoms with E-state index in [-0.39, 0.29) is 5.41 Å². The lowest BCUT2D eigenvalue weighted by molar-refractivity contribution is 0.487. The second-order valence-corrected chi connectivity index (χ2v) is 27.7. The van der Waals surface area contributed by atoms with E-state index in [1.165, 1.54) is 151 Å². The van der Waals surface area contributed by atoms with Gasteiger partial charge in [0.15, 0.2) is 0 Å². The van der Waals surface area contributed by atoms with E-state index < -0.39 is 0 Å².